The second-order valence-electron chi connectivity index (χ2n) is 4.53. The molecule has 1 amide bonds. The third-order valence-electron chi connectivity index (χ3n) is 2.63. The van der Waals surface area contributed by atoms with Crippen molar-refractivity contribution in [3.05, 3.63) is 39.4 Å². The Morgan fingerprint density at radius 1 is 1.53 bits per heavy atom. The van der Waals surface area contributed by atoms with E-state index < -0.39 is 4.92 Å². The van der Waals surface area contributed by atoms with E-state index in [9.17, 15) is 14.9 Å². The lowest BCUT2D eigenvalue weighted by atomic mass is 10.1. The van der Waals surface area contributed by atoms with Gasteiger partial charge in [-0.25, -0.2) is 0 Å². The molecule has 0 saturated carbocycles. The summed E-state index contributed by atoms with van der Waals surface area (Å²) in [4.78, 5) is 23.7. The summed E-state index contributed by atoms with van der Waals surface area (Å²) in [6, 6.07) is 6.31. The number of benzene rings is 1. The summed E-state index contributed by atoms with van der Waals surface area (Å²) < 4.78 is 0. The molecule has 0 radical (unpaired) electrons. The maximum Gasteiger partial charge on any atom is 0.270 e. The van der Waals surface area contributed by atoms with Gasteiger partial charge in [0.25, 0.3) is 11.6 Å². The first-order chi connectivity index (χ1) is 8.85. The minimum atomic E-state index is -0.526. The molecule has 1 aromatic rings. The van der Waals surface area contributed by atoms with Crippen molar-refractivity contribution >= 4 is 11.6 Å². The van der Waals surface area contributed by atoms with Crippen LogP contribution in [0.1, 0.15) is 22.8 Å². The normalized spacial score (nSPS) is 11.5. The van der Waals surface area contributed by atoms with Gasteiger partial charge in [0, 0.05) is 31.3 Å². The van der Waals surface area contributed by atoms with Crippen LogP contribution < -0.4 is 0 Å². The van der Waals surface area contributed by atoms with Gasteiger partial charge in [-0.15, -0.1) is 0 Å². The molecule has 6 heteroatoms. The van der Waals surface area contributed by atoms with E-state index in [1.807, 2.05) is 6.07 Å². The first kappa shape index (κ1) is 14.6. The molecule has 0 bridgehead atoms. The summed E-state index contributed by atoms with van der Waals surface area (Å²) in [5.41, 5.74) is 0.809. The van der Waals surface area contributed by atoms with E-state index in [0.717, 1.165) is 0 Å². The van der Waals surface area contributed by atoms with Crippen molar-refractivity contribution in [2.24, 2.45) is 5.92 Å². The zero-order valence-electron chi connectivity index (χ0n) is 11.1. The largest absolute Gasteiger partial charge is 0.340 e. The summed E-state index contributed by atoms with van der Waals surface area (Å²) >= 11 is 0. The smallest absolute Gasteiger partial charge is 0.270 e. The van der Waals surface area contributed by atoms with E-state index in [2.05, 4.69) is 0 Å². The van der Waals surface area contributed by atoms with Crippen LogP contribution in [-0.2, 0) is 0 Å². The highest BCUT2D eigenvalue weighted by atomic mass is 16.6. The van der Waals surface area contributed by atoms with Gasteiger partial charge in [-0.05, 0) is 25.5 Å². The SMILES string of the molecule is Cc1cc(C(=O)N(C)CC(C)C#N)cc([N+](=O)[O-])c1. The number of hydrogen-bond donors (Lipinski definition) is 0. The van der Waals surface area contributed by atoms with Crippen LogP contribution in [-0.4, -0.2) is 29.3 Å². The van der Waals surface area contributed by atoms with Crippen LogP contribution in [0.25, 0.3) is 0 Å². The van der Waals surface area contributed by atoms with Crippen molar-refractivity contribution in [2.45, 2.75) is 13.8 Å². The predicted octanol–water partition coefficient (Wildman–Crippen LogP) is 2.13. The first-order valence-corrected chi connectivity index (χ1v) is 5.76. The van der Waals surface area contributed by atoms with Crippen molar-refractivity contribution in [1.29, 1.82) is 5.26 Å². The van der Waals surface area contributed by atoms with Crippen LogP contribution in [0, 0.1) is 34.3 Å². The molecular formula is C13H15N3O3. The van der Waals surface area contributed by atoms with E-state index >= 15 is 0 Å². The van der Waals surface area contributed by atoms with Gasteiger partial charge >= 0.3 is 0 Å². The van der Waals surface area contributed by atoms with Gasteiger partial charge in [-0.3, -0.25) is 14.9 Å². The van der Waals surface area contributed by atoms with Crippen molar-refractivity contribution < 1.29 is 9.72 Å². The molecule has 0 aliphatic rings. The lowest BCUT2D eigenvalue weighted by molar-refractivity contribution is -0.384. The molecule has 0 N–H and O–H groups in total. The zero-order valence-corrected chi connectivity index (χ0v) is 11.1. The van der Waals surface area contributed by atoms with Crippen LogP contribution in [0.4, 0.5) is 5.69 Å². The third kappa shape index (κ3) is 3.78. The molecule has 0 saturated heterocycles. The first-order valence-electron chi connectivity index (χ1n) is 5.76. The molecule has 0 spiro atoms. The summed E-state index contributed by atoms with van der Waals surface area (Å²) in [6.07, 6.45) is 0. The van der Waals surface area contributed by atoms with Gasteiger partial charge in [0.1, 0.15) is 0 Å². The second-order valence-corrected chi connectivity index (χ2v) is 4.53. The minimum absolute atomic E-state index is 0.106. The molecule has 0 aliphatic carbocycles. The fraction of sp³-hybridized carbons (Fsp3) is 0.385. The lowest BCUT2D eigenvalue weighted by Gasteiger charge is -2.18. The van der Waals surface area contributed by atoms with Gasteiger partial charge in [0.2, 0.25) is 0 Å². The van der Waals surface area contributed by atoms with Crippen molar-refractivity contribution in [3.63, 3.8) is 0 Å². The summed E-state index contributed by atoms with van der Waals surface area (Å²) in [5.74, 6) is -0.609. The average Bonchev–Trinajstić information content (AvgIpc) is 2.36. The van der Waals surface area contributed by atoms with Gasteiger partial charge in [-0.1, -0.05) is 0 Å². The number of rotatable bonds is 4. The third-order valence-corrected chi connectivity index (χ3v) is 2.63. The molecule has 19 heavy (non-hydrogen) atoms. The van der Waals surface area contributed by atoms with Crippen molar-refractivity contribution in [3.8, 4) is 6.07 Å². The molecule has 0 heterocycles. The van der Waals surface area contributed by atoms with E-state index in [1.165, 1.54) is 17.0 Å². The van der Waals surface area contributed by atoms with Gasteiger partial charge in [-0.2, -0.15) is 5.26 Å². The van der Waals surface area contributed by atoms with Crippen LogP contribution in [0.2, 0.25) is 0 Å². The van der Waals surface area contributed by atoms with E-state index in [0.29, 0.717) is 5.56 Å². The second kappa shape index (κ2) is 5.96. The fourth-order valence-electron chi connectivity index (χ4n) is 1.75. The molecule has 1 aromatic carbocycles. The Balaban J connectivity index is 3.00. The average molecular weight is 261 g/mol. The van der Waals surface area contributed by atoms with Crippen molar-refractivity contribution in [1.82, 2.24) is 4.90 Å². The van der Waals surface area contributed by atoms with E-state index in [1.54, 1.807) is 27.0 Å². The number of carbonyl (C=O) groups excluding carboxylic acids is 1. The topological polar surface area (TPSA) is 87.2 Å². The Morgan fingerprint density at radius 3 is 2.68 bits per heavy atom. The van der Waals surface area contributed by atoms with Crippen molar-refractivity contribution in [2.75, 3.05) is 13.6 Å². The number of nitrogens with zero attached hydrogens (tertiary/aromatic N) is 3. The van der Waals surface area contributed by atoms with Gasteiger partial charge in [0.05, 0.1) is 16.9 Å². The predicted molar refractivity (Wildman–Crippen MR) is 69.6 cm³/mol. The Morgan fingerprint density at radius 2 is 2.16 bits per heavy atom. The Bertz CT molecular complexity index is 549. The maximum absolute atomic E-state index is 12.1. The van der Waals surface area contributed by atoms with Crippen LogP contribution in [0.5, 0.6) is 0 Å². The zero-order chi connectivity index (χ0) is 14.6. The number of amides is 1. The number of nitro benzene ring substituents is 1. The Hall–Kier alpha value is -2.42. The highest BCUT2D eigenvalue weighted by molar-refractivity contribution is 5.94. The molecule has 0 fully saturated rings. The lowest BCUT2D eigenvalue weighted by Crippen LogP contribution is -2.30. The highest BCUT2D eigenvalue weighted by Crippen LogP contribution is 2.18. The summed E-state index contributed by atoms with van der Waals surface area (Å²) in [7, 11) is 1.57. The molecule has 0 aliphatic heterocycles. The van der Waals surface area contributed by atoms with Crippen LogP contribution >= 0.6 is 0 Å². The molecule has 1 rings (SSSR count). The van der Waals surface area contributed by atoms with E-state index in [-0.39, 0.29) is 29.6 Å². The number of non-ortho nitro benzene ring substituents is 1. The number of nitro groups is 1. The Kier molecular flexibility index (Phi) is 4.59. The highest BCUT2D eigenvalue weighted by Gasteiger charge is 2.17. The summed E-state index contributed by atoms with van der Waals surface area (Å²) in [5, 5.41) is 19.5. The van der Waals surface area contributed by atoms with E-state index in [4.69, 9.17) is 5.26 Å². The molecule has 6 nitrogen and oxygen atoms in total. The number of carbonyl (C=O) groups is 1. The number of aryl methyl sites for hydroxylation is 1. The molecule has 0 aromatic heterocycles. The minimum Gasteiger partial charge on any atom is -0.340 e. The Labute approximate surface area is 111 Å². The quantitative estimate of drug-likeness (QED) is 0.613. The van der Waals surface area contributed by atoms with Gasteiger partial charge in [0.15, 0.2) is 0 Å². The standard InChI is InChI=1S/C13H15N3O3/c1-9-4-11(6-12(5-9)16(18)19)13(17)15(3)8-10(2)7-14/h4-6,10H,8H2,1-3H3. The number of hydrogen-bond acceptors (Lipinski definition) is 4. The monoisotopic (exact) mass is 261 g/mol. The van der Waals surface area contributed by atoms with Crippen LogP contribution in [0.3, 0.4) is 0 Å². The van der Waals surface area contributed by atoms with Gasteiger partial charge < -0.3 is 4.90 Å². The fourth-order valence-corrected chi connectivity index (χ4v) is 1.75. The number of nitriles is 1. The molecular weight excluding hydrogens is 246 g/mol. The molecule has 1 unspecified atom stereocenters. The summed E-state index contributed by atoms with van der Waals surface area (Å²) in [6.45, 7) is 3.70. The molecule has 1 atom stereocenters. The molecule has 100 valence electrons. The maximum atomic E-state index is 12.1. The van der Waals surface area contributed by atoms with Crippen LogP contribution in [0.15, 0.2) is 18.2 Å².